The third kappa shape index (κ3) is 1.66. The van der Waals surface area contributed by atoms with E-state index < -0.39 is 0 Å². The molecule has 0 radical (unpaired) electrons. The highest BCUT2D eigenvalue weighted by Gasteiger charge is 2.10. The van der Waals surface area contributed by atoms with Crippen LogP contribution >= 0.6 is 12.2 Å². The van der Waals surface area contributed by atoms with Crippen molar-refractivity contribution < 1.29 is 0 Å². The van der Waals surface area contributed by atoms with Crippen molar-refractivity contribution in [1.29, 1.82) is 0 Å². The molecule has 11 heavy (non-hydrogen) atoms. The molecule has 0 aliphatic rings. The van der Waals surface area contributed by atoms with E-state index in [2.05, 4.69) is 11.9 Å². The first kappa shape index (κ1) is 8.40. The summed E-state index contributed by atoms with van der Waals surface area (Å²) < 4.78 is 2.00. The Labute approximate surface area is 72.3 Å². The van der Waals surface area contributed by atoms with Crippen molar-refractivity contribution >= 4 is 17.1 Å². The largest absolute Gasteiger partial charge is 0.337 e. The van der Waals surface area contributed by atoms with Crippen LogP contribution in [0.4, 0.5) is 0 Å². The maximum absolute atomic E-state index is 5.07. The van der Waals surface area contributed by atoms with Crippen LogP contribution in [0.15, 0.2) is 12.4 Å². The number of rotatable bonds is 2. The van der Waals surface area contributed by atoms with Crippen LogP contribution in [0.2, 0.25) is 0 Å². The van der Waals surface area contributed by atoms with Crippen LogP contribution in [-0.2, 0) is 7.05 Å². The molecule has 3 heteroatoms. The van der Waals surface area contributed by atoms with Gasteiger partial charge in [-0.3, -0.25) is 0 Å². The average Bonchev–Trinajstić information content (AvgIpc) is 2.33. The Balaban J connectivity index is 2.92. The number of hydrogen-bond donors (Lipinski definition) is 0. The molecule has 0 N–H and O–H groups in total. The first-order chi connectivity index (χ1) is 5.13. The topological polar surface area (TPSA) is 17.8 Å². The van der Waals surface area contributed by atoms with Crippen LogP contribution < -0.4 is 0 Å². The molecule has 1 aromatic rings. The van der Waals surface area contributed by atoms with Crippen molar-refractivity contribution in [2.24, 2.45) is 7.05 Å². The average molecular weight is 168 g/mol. The van der Waals surface area contributed by atoms with E-state index in [0.717, 1.165) is 10.7 Å². The number of thiocarbonyl (C=S) groups is 1. The quantitative estimate of drug-likeness (QED) is 0.628. The molecule has 0 bridgehead atoms. The van der Waals surface area contributed by atoms with Crippen molar-refractivity contribution in [2.75, 3.05) is 0 Å². The van der Waals surface area contributed by atoms with Crippen LogP contribution in [-0.4, -0.2) is 14.4 Å². The Morgan fingerprint density at radius 1 is 1.73 bits per heavy atom. The summed E-state index contributed by atoms with van der Waals surface area (Å²) in [6, 6.07) is 0. The summed E-state index contributed by atoms with van der Waals surface area (Å²) in [5.41, 5.74) is 0. The van der Waals surface area contributed by atoms with Gasteiger partial charge in [0.1, 0.15) is 5.82 Å². The fourth-order valence-corrected chi connectivity index (χ4v) is 1.08. The van der Waals surface area contributed by atoms with Gasteiger partial charge in [-0.25, -0.2) is 4.98 Å². The normalized spacial score (nSPS) is 13.0. The van der Waals surface area contributed by atoms with Gasteiger partial charge in [0, 0.05) is 30.2 Å². The Kier molecular flexibility index (Phi) is 2.39. The van der Waals surface area contributed by atoms with Gasteiger partial charge < -0.3 is 4.57 Å². The Morgan fingerprint density at radius 3 is 2.73 bits per heavy atom. The number of aryl methyl sites for hydroxylation is 1. The summed E-state index contributed by atoms with van der Waals surface area (Å²) in [6.45, 7) is 4.03. The molecule has 1 heterocycles. The van der Waals surface area contributed by atoms with Gasteiger partial charge in [-0.1, -0.05) is 19.1 Å². The number of aromatic nitrogens is 2. The lowest BCUT2D eigenvalue weighted by Gasteiger charge is -2.08. The summed E-state index contributed by atoms with van der Waals surface area (Å²) in [5.74, 6) is 1.32. The van der Waals surface area contributed by atoms with Gasteiger partial charge in [-0.05, 0) is 6.92 Å². The second kappa shape index (κ2) is 3.13. The van der Waals surface area contributed by atoms with Crippen LogP contribution in [0.25, 0.3) is 0 Å². The maximum Gasteiger partial charge on any atom is 0.116 e. The molecule has 1 atom stereocenters. The van der Waals surface area contributed by atoms with E-state index in [1.54, 1.807) is 6.20 Å². The number of imidazole rings is 1. The number of hydrogen-bond acceptors (Lipinski definition) is 2. The van der Waals surface area contributed by atoms with Crippen LogP contribution in [0.1, 0.15) is 25.6 Å². The third-order valence-electron chi connectivity index (χ3n) is 1.86. The first-order valence-electron chi connectivity index (χ1n) is 3.60. The minimum absolute atomic E-state index is 0.282. The zero-order chi connectivity index (χ0) is 8.43. The summed E-state index contributed by atoms with van der Waals surface area (Å²) in [7, 11) is 1.98. The predicted molar refractivity (Wildman–Crippen MR) is 49.9 cm³/mol. The molecule has 0 saturated heterocycles. The molecule has 0 aromatic carbocycles. The summed E-state index contributed by atoms with van der Waals surface area (Å²) in [5, 5.41) is 0. The molecular formula is C8H12N2S. The molecule has 0 fully saturated rings. The minimum atomic E-state index is 0.282. The van der Waals surface area contributed by atoms with Gasteiger partial charge in [0.2, 0.25) is 0 Å². The highest BCUT2D eigenvalue weighted by Crippen LogP contribution is 2.13. The lowest BCUT2D eigenvalue weighted by Crippen LogP contribution is -2.08. The summed E-state index contributed by atoms with van der Waals surface area (Å²) in [4.78, 5) is 5.20. The van der Waals surface area contributed by atoms with Gasteiger partial charge in [0.25, 0.3) is 0 Å². The third-order valence-corrected chi connectivity index (χ3v) is 2.21. The summed E-state index contributed by atoms with van der Waals surface area (Å²) >= 11 is 5.07. The molecule has 60 valence electrons. The Hall–Kier alpha value is -0.700. The second-order valence-electron chi connectivity index (χ2n) is 2.73. The van der Waals surface area contributed by atoms with Crippen molar-refractivity contribution in [2.45, 2.75) is 19.8 Å². The van der Waals surface area contributed by atoms with Crippen molar-refractivity contribution in [3.63, 3.8) is 0 Å². The lowest BCUT2D eigenvalue weighted by atomic mass is 10.1. The molecule has 1 rings (SSSR count). The van der Waals surface area contributed by atoms with Crippen molar-refractivity contribution in [1.82, 2.24) is 9.55 Å². The maximum atomic E-state index is 5.07. The molecule has 1 aromatic heterocycles. The van der Waals surface area contributed by atoms with Crippen LogP contribution in [0, 0.1) is 0 Å². The van der Waals surface area contributed by atoms with E-state index in [1.165, 1.54) is 0 Å². The van der Waals surface area contributed by atoms with E-state index in [1.807, 2.05) is 24.7 Å². The lowest BCUT2D eigenvalue weighted by molar-refractivity contribution is 0.778. The second-order valence-corrected chi connectivity index (χ2v) is 3.37. The Morgan fingerprint density at radius 2 is 2.36 bits per heavy atom. The standard InChI is InChI=1S/C8H12N2S/c1-6(7(2)11)8-9-4-5-10(8)3/h4-6H,1-3H3. The van der Waals surface area contributed by atoms with Crippen molar-refractivity contribution in [3.8, 4) is 0 Å². The van der Waals surface area contributed by atoms with Gasteiger partial charge in [-0.2, -0.15) is 0 Å². The zero-order valence-corrected chi connectivity index (χ0v) is 7.85. The van der Waals surface area contributed by atoms with E-state index in [-0.39, 0.29) is 5.92 Å². The van der Waals surface area contributed by atoms with Gasteiger partial charge in [0.15, 0.2) is 0 Å². The Bertz CT molecular complexity index is 265. The SMILES string of the molecule is CC(=S)C(C)c1nccn1C. The van der Waals surface area contributed by atoms with Crippen LogP contribution in [0.5, 0.6) is 0 Å². The van der Waals surface area contributed by atoms with Gasteiger partial charge >= 0.3 is 0 Å². The smallest absolute Gasteiger partial charge is 0.116 e. The zero-order valence-electron chi connectivity index (χ0n) is 7.03. The van der Waals surface area contributed by atoms with Gasteiger partial charge in [-0.15, -0.1) is 0 Å². The van der Waals surface area contributed by atoms with E-state index >= 15 is 0 Å². The molecule has 0 spiro atoms. The fraction of sp³-hybridized carbons (Fsp3) is 0.500. The fourth-order valence-electron chi connectivity index (χ4n) is 0.976. The highest BCUT2D eigenvalue weighted by atomic mass is 32.1. The molecule has 0 aliphatic heterocycles. The van der Waals surface area contributed by atoms with E-state index in [0.29, 0.717) is 0 Å². The highest BCUT2D eigenvalue weighted by molar-refractivity contribution is 7.80. The van der Waals surface area contributed by atoms with E-state index in [9.17, 15) is 0 Å². The molecular weight excluding hydrogens is 156 g/mol. The first-order valence-corrected chi connectivity index (χ1v) is 4.01. The molecule has 2 nitrogen and oxygen atoms in total. The van der Waals surface area contributed by atoms with Crippen LogP contribution in [0.3, 0.4) is 0 Å². The van der Waals surface area contributed by atoms with Crippen molar-refractivity contribution in [3.05, 3.63) is 18.2 Å². The molecule has 0 saturated carbocycles. The summed E-state index contributed by atoms with van der Waals surface area (Å²) in [6.07, 6.45) is 3.73. The molecule has 0 aliphatic carbocycles. The predicted octanol–water partition coefficient (Wildman–Crippen LogP) is 1.91. The molecule has 0 amide bonds. The molecule has 1 unspecified atom stereocenters. The van der Waals surface area contributed by atoms with Gasteiger partial charge in [0.05, 0.1) is 0 Å². The number of nitrogens with zero attached hydrogens (tertiary/aromatic N) is 2. The monoisotopic (exact) mass is 168 g/mol. The van der Waals surface area contributed by atoms with E-state index in [4.69, 9.17) is 12.2 Å². The minimum Gasteiger partial charge on any atom is -0.337 e.